The number of esters is 1. The van der Waals surface area contributed by atoms with Crippen LogP contribution < -0.4 is 9.47 Å². The monoisotopic (exact) mass is 286 g/mol. The maximum atomic E-state index is 11.9. The Bertz CT molecular complexity index is 634. The zero-order valence-electron chi connectivity index (χ0n) is 12.4. The number of carbonyl (C=O) groups is 1. The first-order chi connectivity index (χ1) is 10.2. The summed E-state index contributed by atoms with van der Waals surface area (Å²) >= 11 is 0. The average Bonchev–Trinajstić information content (AvgIpc) is 2.54. The van der Waals surface area contributed by atoms with E-state index in [1.807, 2.05) is 43.3 Å². The second-order valence-electron chi connectivity index (χ2n) is 4.34. The molecule has 0 saturated heterocycles. The van der Waals surface area contributed by atoms with E-state index in [2.05, 4.69) is 0 Å². The van der Waals surface area contributed by atoms with Gasteiger partial charge in [-0.05, 0) is 36.2 Å². The van der Waals surface area contributed by atoms with Crippen molar-refractivity contribution in [2.45, 2.75) is 6.92 Å². The Hall–Kier alpha value is -2.49. The minimum atomic E-state index is -0.363. The highest BCUT2D eigenvalue weighted by Crippen LogP contribution is 2.34. The second kappa shape index (κ2) is 6.79. The van der Waals surface area contributed by atoms with Crippen molar-refractivity contribution in [1.82, 2.24) is 0 Å². The van der Waals surface area contributed by atoms with Gasteiger partial charge in [0.25, 0.3) is 0 Å². The van der Waals surface area contributed by atoms with Gasteiger partial charge >= 0.3 is 5.97 Å². The summed E-state index contributed by atoms with van der Waals surface area (Å²) in [5.41, 5.74) is 2.19. The molecule has 0 N–H and O–H groups in total. The molecule has 0 unspecified atom stereocenters. The van der Waals surface area contributed by atoms with Gasteiger partial charge in [-0.25, -0.2) is 4.79 Å². The molecule has 0 aliphatic heterocycles. The molecule has 0 radical (unpaired) electrons. The lowest BCUT2D eigenvalue weighted by Crippen LogP contribution is -2.03. The summed E-state index contributed by atoms with van der Waals surface area (Å²) in [5, 5.41) is 0. The van der Waals surface area contributed by atoms with Crippen molar-refractivity contribution in [2.75, 3.05) is 20.8 Å². The van der Waals surface area contributed by atoms with Gasteiger partial charge in [0, 0.05) is 0 Å². The van der Waals surface area contributed by atoms with E-state index in [0.29, 0.717) is 23.7 Å². The average molecular weight is 286 g/mol. The number of ether oxygens (including phenoxy) is 3. The molecule has 0 heterocycles. The molecule has 0 aromatic heterocycles. The van der Waals surface area contributed by atoms with E-state index >= 15 is 0 Å². The molecule has 0 aliphatic rings. The van der Waals surface area contributed by atoms with E-state index in [1.54, 1.807) is 13.2 Å². The lowest BCUT2D eigenvalue weighted by atomic mass is 9.99. The summed E-state index contributed by atoms with van der Waals surface area (Å²) in [4.78, 5) is 11.9. The third-order valence-electron chi connectivity index (χ3n) is 3.11. The second-order valence-corrected chi connectivity index (χ2v) is 4.34. The van der Waals surface area contributed by atoms with Gasteiger partial charge in [-0.2, -0.15) is 0 Å². The van der Waals surface area contributed by atoms with Gasteiger partial charge in [-0.15, -0.1) is 0 Å². The van der Waals surface area contributed by atoms with Gasteiger partial charge < -0.3 is 14.2 Å². The first-order valence-corrected chi connectivity index (χ1v) is 6.69. The zero-order chi connectivity index (χ0) is 15.2. The molecule has 0 bridgehead atoms. The van der Waals surface area contributed by atoms with Gasteiger partial charge in [-0.3, -0.25) is 0 Å². The topological polar surface area (TPSA) is 44.8 Å². The summed E-state index contributed by atoms with van der Waals surface area (Å²) in [6.07, 6.45) is 0. The number of hydrogen-bond acceptors (Lipinski definition) is 4. The van der Waals surface area contributed by atoms with E-state index in [1.165, 1.54) is 7.11 Å². The van der Waals surface area contributed by atoms with E-state index in [4.69, 9.17) is 14.2 Å². The zero-order valence-corrected chi connectivity index (χ0v) is 12.4. The minimum absolute atomic E-state index is 0.363. The van der Waals surface area contributed by atoms with Gasteiger partial charge in [0.2, 0.25) is 0 Å². The normalized spacial score (nSPS) is 10.0. The van der Waals surface area contributed by atoms with Gasteiger partial charge in [0.05, 0.1) is 26.4 Å². The lowest BCUT2D eigenvalue weighted by molar-refractivity contribution is 0.0601. The molecule has 0 amide bonds. The number of rotatable bonds is 5. The fourth-order valence-electron chi connectivity index (χ4n) is 2.13. The number of hydrogen-bond donors (Lipinski definition) is 0. The molecule has 21 heavy (non-hydrogen) atoms. The molecular formula is C17H18O4. The van der Waals surface area contributed by atoms with Crippen LogP contribution in [-0.4, -0.2) is 26.8 Å². The lowest BCUT2D eigenvalue weighted by Gasteiger charge is -2.12. The molecule has 4 nitrogen and oxygen atoms in total. The van der Waals surface area contributed by atoms with Gasteiger partial charge in [-0.1, -0.05) is 24.3 Å². The molecule has 2 aromatic carbocycles. The quantitative estimate of drug-likeness (QED) is 0.788. The maximum Gasteiger partial charge on any atom is 0.338 e. The Morgan fingerprint density at radius 3 is 2.48 bits per heavy atom. The molecule has 0 saturated carbocycles. The molecule has 0 aliphatic carbocycles. The van der Waals surface area contributed by atoms with Crippen LogP contribution in [0, 0.1) is 0 Å². The van der Waals surface area contributed by atoms with Gasteiger partial charge in [0.1, 0.15) is 0 Å². The molecule has 2 rings (SSSR count). The Labute approximate surface area is 124 Å². The van der Waals surface area contributed by atoms with Crippen LogP contribution in [0.5, 0.6) is 11.5 Å². The Kier molecular flexibility index (Phi) is 4.82. The number of carbonyl (C=O) groups excluding carboxylic acids is 1. The summed E-state index contributed by atoms with van der Waals surface area (Å²) in [7, 11) is 2.96. The Balaban J connectivity index is 2.50. The molecule has 0 fully saturated rings. The van der Waals surface area contributed by atoms with Crippen molar-refractivity contribution in [3.05, 3.63) is 48.0 Å². The molecule has 0 spiro atoms. The highest BCUT2D eigenvalue weighted by Gasteiger charge is 2.14. The summed E-state index contributed by atoms with van der Waals surface area (Å²) in [6, 6.07) is 12.9. The molecular weight excluding hydrogens is 268 g/mol. The molecule has 110 valence electrons. The van der Waals surface area contributed by atoms with Crippen LogP contribution in [0.3, 0.4) is 0 Å². The predicted molar refractivity (Wildman–Crippen MR) is 80.9 cm³/mol. The van der Waals surface area contributed by atoms with E-state index in [0.717, 1.165) is 11.1 Å². The van der Waals surface area contributed by atoms with Crippen LogP contribution in [0.25, 0.3) is 11.1 Å². The first kappa shape index (κ1) is 14.9. The fraction of sp³-hybridized carbons (Fsp3) is 0.235. The summed E-state index contributed by atoms with van der Waals surface area (Å²) in [5.74, 6) is 0.951. The Morgan fingerprint density at radius 1 is 1.05 bits per heavy atom. The van der Waals surface area contributed by atoms with Gasteiger partial charge in [0.15, 0.2) is 11.5 Å². The third kappa shape index (κ3) is 3.16. The van der Waals surface area contributed by atoms with Crippen LogP contribution in [0.4, 0.5) is 0 Å². The molecule has 2 aromatic rings. The molecule has 4 heteroatoms. The van der Waals surface area contributed by atoms with Crippen molar-refractivity contribution in [2.24, 2.45) is 0 Å². The summed E-state index contributed by atoms with van der Waals surface area (Å²) < 4.78 is 15.7. The summed E-state index contributed by atoms with van der Waals surface area (Å²) in [6.45, 7) is 2.48. The smallest absolute Gasteiger partial charge is 0.338 e. The van der Waals surface area contributed by atoms with E-state index in [-0.39, 0.29) is 5.97 Å². The standard InChI is InChI=1S/C17H18O4/c1-4-21-15-10-9-12(11-16(15)19-2)13-7-5-6-8-14(13)17(18)20-3/h5-11H,4H2,1-3H3. The van der Waals surface area contributed by atoms with Crippen molar-refractivity contribution < 1.29 is 19.0 Å². The predicted octanol–water partition coefficient (Wildman–Crippen LogP) is 3.55. The SMILES string of the molecule is CCOc1ccc(-c2ccccc2C(=O)OC)cc1OC. The van der Waals surface area contributed by atoms with Crippen LogP contribution in [0.1, 0.15) is 17.3 Å². The van der Waals surface area contributed by atoms with Crippen molar-refractivity contribution in [3.8, 4) is 22.6 Å². The largest absolute Gasteiger partial charge is 0.493 e. The van der Waals surface area contributed by atoms with Crippen LogP contribution in [0.2, 0.25) is 0 Å². The van der Waals surface area contributed by atoms with E-state index in [9.17, 15) is 4.79 Å². The number of benzene rings is 2. The fourth-order valence-corrected chi connectivity index (χ4v) is 2.13. The van der Waals surface area contributed by atoms with Crippen LogP contribution in [-0.2, 0) is 4.74 Å². The first-order valence-electron chi connectivity index (χ1n) is 6.69. The van der Waals surface area contributed by atoms with Crippen LogP contribution in [0.15, 0.2) is 42.5 Å². The highest BCUT2D eigenvalue weighted by atomic mass is 16.5. The van der Waals surface area contributed by atoms with E-state index < -0.39 is 0 Å². The number of methoxy groups -OCH3 is 2. The Morgan fingerprint density at radius 2 is 1.81 bits per heavy atom. The molecule has 0 atom stereocenters. The third-order valence-corrected chi connectivity index (χ3v) is 3.11. The van der Waals surface area contributed by atoms with Crippen molar-refractivity contribution in [1.29, 1.82) is 0 Å². The highest BCUT2D eigenvalue weighted by molar-refractivity contribution is 5.97. The van der Waals surface area contributed by atoms with Crippen molar-refractivity contribution >= 4 is 5.97 Å². The maximum absolute atomic E-state index is 11.9. The minimum Gasteiger partial charge on any atom is -0.493 e. The van der Waals surface area contributed by atoms with Crippen molar-refractivity contribution in [3.63, 3.8) is 0 Å². The van der Waals surface area contributed by atoms with Crippen LogP contribution >= 0.6 is 0 Å².